The van der Waals surface area contributed by atoms with Crippen LogP contribution in [0.5, 0.6) is 0 Å². The zero-order valence-corrected chi connectivity index (χ0v) is 12.7. The fourth-order valence-corrected chi connectivity index (χ4v) is 2.09. The monoisotopic (exact) mass is 362 g/mol. The fraction of sp³-hybridized carbons (Fsp3) is 0.364. The van der Waals surface area contributed by atoms with Gasteiger partial charge in [0.2, 0.25) is 0 Å². The Balaban J connectivity index is 3.19. The molecule has 1 rings (SSSR count). The lowest BCUT2D eigenvalue weighted by atomic mass is 10.1. The van der Waals surface area contributed by atoms with Crippen LogP contribution >= 0.6 is 11.6 Å². The first kappa shape index (κ1) is 18.5. The van der Waals surface area contributed by atoms with Crippen LogP contribution in [0.1, 0.15) is 12.5 Å². The summed E-state index contributed by atoms with van der Waals surface area (Å²) in [6, 6.07) is 3.46. The van der Waals surface area contributed by atoms with E-state index in [4.69, 9.17) is 11.6 Å². The van der Waals surface area contributed by atoms with E-state index in [9.17, 15) is 26.0 Å². The largest absolute Gasteiger partial charge is 0.516 e. The highest BCUT2D eigenvalue weighted by atomic mass is 35.5. The highest BCUT2D eigenvalue weighted by Crippen LogP contribution is 2.28. The van der Waals surface area contributed by atoms with Crippen molar-refractivity contribution in [2.75, 3.05) is 18.0 Å². The molecular formula is C11H11ClF4N2O3S. The van der Waals surface area contributed by atoms with Crippen LogP contribution in [0.3, 0.4) is 0 Å². The molecule has 1 N–H and O–H groups in total. The van der Waals surface area contributed by atoms with Gasteiger partial charge in [-0.25, -0.2) is 4.39 Å². The zero-order valence-electron chi connectivity index (χ0n) is 11.1. The normalized spacial score (nSPS) is 13.1. The lowest BCUT2D eigenvalue weighted by molar-refractivity contribution is -0.0429. The third-order valence-electron chi connectivity index (χ3n) is 2.29. The molecule has 11 heteroatoms. The minimum atomic E-state index is -5.59. The second kappa shape index (κ2) is 7.14. The maximum absolute atomic E-state index is 12.4. The van der Waals surface area contributed by atoms with Crippen LogP contribution in [0.15, 0.2) is 23.4 Å². The summed E-state index contributed by atoms with van der Waals surface area (Å²) in [4.78, 5) is 4.56. The maximum Gasteiger partial charge on any atom is 0.516 e. The zero-order chi connectivity index (χ0) is 17.0. The molecule has 1 aromatic rings. The highest BCUT2D eigenvalue weighted by molar-refractivity contribution is 7.93. The first-order valence-corrected chi connectivity index (χ1v) is 7.56. The van der Waals surface area contributed by atoms with Gasteiger partial charge in [0.05, 0.1) is 11.4 Å². The summed E-state index contributed by atoms with van der Waals surface area (Å²) in [6.45, 7) is 0.191. The molecule has 0 amide bonds. The van der Waals surface area contributed by atoms with Crippen LogP contribution in [0.25, 0.3) is 0 Å². The van der Waals surface area contributed by atoms with E-state index in [1.165, 1.54) is 23.8 Å². The van der Waals surface area contributed by atoms with E-state index in [1.807, 2.05) is 0 Å². The molecule has 1 aromatic carbocycles. The molecule has 0 heterocycles. The van der Waals surface area contributed by atoms with Crippen molar-refractivity contribution in [2.45, 2.75) is 12.4 Å². The van der Waals surface area contributed by atoms with Crippen molar-refractivity contribution < 1.29 is 30.8 Å². The Labute approximate surface area is 128 Å². The van der Waals surface area contributed by atoms with Gasteiger partial charge in [0.15, 0.2) is 0 Å². The molecule has 0 radical (unpaired) electrons. The molecule has 0 aromatic heterocycles. The molecular weight excluding hydrogens is 352 g/mol. The molecule has 0 saturated carbocycles. The third kappa shape index (κ3) is 4.73. The number of hydrogen-bond acceptors (Lipinski definition) is 4. The number of oxime groups is 1. The van der Waals surface area contributed by atoms with Gasteiger partial charge in [-0.2, -0.15) is 21.6 Å². The van der Waals surface area contributed by atoms with Crippen LogP contribution in [0.2, 0.25) is 5.02 Å². The number of nitrogens with one attached hydrogen (secondary N) is 1. The van der Waals surface area contributed by atoms with Crippen molar-refractivity contribution >= 4 is 33.0 Å². The van der Waals surface area contributed by atoms with E-state index >= 15 is 0 Å². The van der Waals surface area contributed by atoms with Crippen LogP contribution < -0.4 is 4.72 Å². The molecule has 22 heavy (non-hydrogen) atoms. The Morgan fingerprint density at radius 2 is 2.05 bits per heavy atom. The van der Waals surface area contributed by atoms with E-state index in [0.717, 1.165) is 6.07 Å². The molecule has 0 spiro atoms. The molecule has 0 aliphatic carbocycles. The molecule has 0 atom stereocenters. The van der Waals surface area contributed by atoms with Gasteiger partial charge in [-0.1, -0.05) is 16.8 Å². The average molecular weight is 363 g/mol. The van der Waals surface area contributed by atoms with Crippen LogP contribution in [-0.4, -0.2) is 32.9 Å². The van der Waals surface area contributed by atoms with E-state index < -0.39 is 22.2 Å². The smallest absolute Gasteiger partial charge is 0.393 e. The summed E-state index contributed by atoms with van der Waals surface area (Å²) in [6.07, 6.45) is 0. The van der Waals surface area contributed by atoms with Crippen molar-refractivity contribution in [1.82, 2.24) is 0 Å². The lowest BCUT2D eigenvalue weighted by Gasteiger charge is -2.14. The molecule has 0 bridgehead atoms. The Bertz CT molecular complexity index is 662. The topological polar surface area (TPSA) is 67.8 Å². The van der Waals surface area contributed by atoms with Gasteiger partial charge >= 0.3 is 15.5 Å². The summed E-state index contributed by atoms with van der Waals surface area (Å²) in [7, 11) is -5.59. The first-order valence-electron chi connectivity index (χ1n) is 5.70. The van der Waals surface area contributed by atoms with Crippen molar-refractivity contribution in [3.8, 4) is 0 Å². The fourth-order valence-electron chi connectivity index (χ4n) is 1.33. The van der Waals surface area contributed by atoms with Crippen LogP contribution in [0, 0.1) is 0 Å². The van der Waals surface area contributed by atoms with Crippen molar-refractivity contribution in [3.05, 3.63) is 28.8 Å². The van der Waals surface area contributed by atoms with Crippen molar-refractivity contribution in [3.63, 3.8) is 0 Å². The van der Waals surface area contributed by atoms with Gasteiger partial charge in [0.1, 0.15) is 13.3 Å². The van der Waals surface area contributed by atoms with Crippen LogP contribution in [0.4, 0.5) is 23.2 Å². The Morgan fingerprint density at radius 3 is 2.59 bits per heavy atom. The number of hydrogen-bond donors (Lipinski definition) is 1. The number of benzene rings is 1. The van der Waals surface area contributed by atoms with Crippen molar-refractivity contribution in [2.24, 2.45) is 5.16 Å². The molecule has 0 unspecified atom stereocenters. The highest BCUT2D eigenvalue weighted by Gasteiger charge is 2.46. The average Bonchev–Trinajstić information content (AvgIpc) is 2.39. The molecule has 124 valence electrons. The lowest BCUT2D eigenvalue weighted by Crippen LogP contribution is -2.30. The maximum atomic E-state index is 12.4. The number of alkyl halides is 4. The standard InChI is InChI=1S/C11H11ClF4N2O3S/c1-7(17-21-5-4-13)9-6-8(12)2-3-10(9)18-22(19,20)11(14,15)16/h2-3,6,18H,4-5H2,1H3/b17-7+. The predicted molar refractivity (Wildman–Crippen MR) is 74.2 cm³/mol. The van der Waals surface area contributed by atoms with Crippen LogP contribution in [-0.2, 0) is 14.9 Å². The van der Waals surface area contributed by atoms with E-state index in [1.54, 1.807) is 0 Å². The quantitative estimate of drug-likeness (QED) is 0.365. The second-order valence-electron chi connectivity index (χ2n) is 3.94. The SMILES string of the molecule is C/C(=N\OCCF)c1cc(Cl)ccc1NS(=O)(=O)C(F)(F)F. The third-order valence-corrected chi connectivity index (χ3v) is 3.62. The minimum Gasteiger partial charge on any atom is -0.393 e. The molecule has 0 aliphatic rings. The van der Waals surface area contributed by atoms with Gasteiger partial charge in [-0.15, -0.1) is 0 Å². The molecule has 0 saturated heterocycles. The summed E-state index contributed by atoms with van der Waals surface area (Å²) in [5.74, 6) is 0. The predicted octanol–water partition coefficient (Wildman–Crippen LogP) is 3.31. The number of nitrogens with zero attached hydrogens (tertiary/aromatic N) is 1. The van der Waals surface area contributed by atoms with E-state index in [0.29, 0.717) is 0 Å². The number of rotatable bonds is 6. The minimum absolute atomic E-state index is 0.0239. The molecule has 5 nitrogen and oxygen atoms in total. The summed E-state index contributed by atoms with van der Waals surface area (Å²) >= 11 is 5.73. The van der Waals surface area contributed by atoms with Crippen molar-refractivity contribution in [1.29, 1.82) is 0 Å². The van der Waals surface area contributed by atoms with Gasteiger partial charge in [-0.05, 0) is 25.1 Å². The second-order valence-corrected chi connectivity index (χ2v) is 6.05. The molecule has 0 aliphatic heterocycles. The summed E-state index contributed by atoms with van der Waals surface area (Å²) < 4.78 is 72.8. The number of anilines is 1. The number of sulfonamides is 1. The van der Waals surface area contributed by atoms with Gasteiger partial charge in [0, 0.05) is 10.6 Å². The van der Waals surface area contributed by atoms with Gasteiger partial charge in [-0.3, -0.25) is 4.72 Å². The first-order chi connectivity index (χ1) is 10.1. The Kier molecular flexibility index (Phi) is 6.00. The number of halogens is 5. The van der Waals surface area contributed by atoms with E-state index in [-0.39, 0.29) is 28.6 Å². The van der Waals surface area contributed by atoms with E-state index in [2.05, 4.69) is 9.99 Å². The molecule has 0 fully saturated rings. The van der Waals surface area contributed by atoms with Gasteiger partial charge in [0.25, 0.3) is 0 Å². The Hall–Kier alpha value is -1.55. The Morgan fingerprint density at radius 1 is 1.41 bits per heavy atom. The van der Waals surface area contributed by atoms with Gasteiger partial charge < -0.3 is 4.84 Å². The summed E-state index contributed by atoms with van der Waals surface area (Å²) in [5.41, 5.74) is -5.86. The summed E-state index contributed by atoms with van der Waals surface area (Å²) in [5, 5.41) is 3.62.